The van der Waals surface area contributed by atoms with E-state index in [1.165, 1.54) is 6.33 Å². The quantitative estimate of drug-likeness (QED) is 0.102. The van der Waals surface area contributed by atoms with Crippen molar-refractivity contribution in [1.29, 1.82) is 5.41 Å². The highest BCUT2D eigenvalue weighted by atomic mass is 16.6. The molecule has 0 spiro atoms. The molecule has 2 aliphatic rings. The summed E-state index contributed by atoms with van der Waals surface area (Å²) in [5.41, 5.74) is 7.03. The second kappa shape index (κ2) is 10.8. The van der Waals surface area contributed by atoms with Crippen molar-refractivity contribution in [2.45, 2.75) is 56.8 Å². The molecule has 0 aromatic carbocycles. The monoisotopic (exact) mass is 515 g/mol. The fourth-order valence-corrected chi connectivity index (χ4v) is 4.57. The van der Waals surface area contributed by atoms with Crippen molar-refractivity contribution in [3.63, 3.8) is 0 Å². The lowest BCUT2D eigenvalue weighted by Crippen LogP contribution is -2.35. The molecule has 4 atom stereocenters. The number of aromatic nitrogens is 5. The molecule has 0 aliphatic carbocycles. The van der Waals surface area contributed by atoms with Crippen molar-refractivity contribution in [1.82, 2.24) is 35.3 Å². The molecular formula is C22H33N11O4. The van der Waals surface area contributed by atoms with Gasteiger partial charge in [0, 0.05) is 25.2 Å². The van der Waals surface area contributed by atoms with Gasteiger partial charge in [-0.3, -0.25) is 9.98 Å². The van der Waals surface area contributed by atoms with Crippen LogP contribution in [0.2, 0.25) is 0 Å². The third-order valence-electron chi connectivity index (χ3n) is 6.56. The van der Waals surface area contributed by atoms with Crippen LogP contribution >= 0.6 is 0 Å². The van der Waals surface area contributed by atoms with Crippen LogP contribution in [0.1, 0.15) is 43.6 Å². The number of nitrogens with one attached hydrogen (secondary N) is 5. The van der Waals surface area contributed by atoms with E-state index >= 15 is 0 Å². The molecule has 5 heterocycles. The molecule has 0 saturated carbocycles. The Morgan fingerprint density at radius 1 is 1.24 bits per heavy atom. The Hall–Kier alpha value is -3.53. The van der Waals surface area contributed by atoms with Gasteiger partial charge in [0.05, 0.1) is 12.0 Å². The molecule has 0 radical (unpaired) electrons. The van der Waals surface area contributed by atoms with E-state index in [-0.39, 0.29) is 12.0 Å². The van der Waals surface area contributed by atoms with E-state index in [0.29, 0.717) is 48.2 Å². The smallest absolute Gasteiger partial charge is 0.226 e. The first-order valence-corrected chi connectivity index (χ1v) is 12.4. The maximum absolute atomic E-state index is 10.9. The van der Waals surface area contributed by atoms with Gasteiger partial charge in [0.15, 0.2) is 34.9 Å². The Kier molecular flexibility index (Phi) is 7.36. The Balaban J connectivity index is 1.44. The number of anilines is 2. The first-order valence-electron chi connectivity index (χ1n) is 12.4. The van der Waals surface area contributed by atoms with Gasteiger partial charge in [0.25, 0.3) is 0 Å². The molecular weight excluding hydrogens is 482 g/mol. The van der Waals surface area contributed by atoms with Gasteiger partial charge in [-0.1, -0.05) is 12.1 Å². The molecule has 9 N–H and O–H groups in total. The highest BCUT2D eigenvalue weighted by Crippen LogP contribution is 2.40. The summed E-state index contributed by atoms with van der Waals surface area (Å²) in [5.74, 6) is 1.12. The maximum Gasteiger partial charge on any atom is 0.226 e. The van der Waals surface area contributed by atoms with Crippen molar-refractivity contribution < 1.29 is 19.5 Å². The predicted octanol–water partition coefficient (Wildman–Crippen LogP) is -0.573. The Morgan fingerprint density at radius 3 is 2.78 bits per heavy atom. The van der Waals surface area contributed by atoms with E-state index in [1.54, 1.807) is 10.6 Å². The number of fused-ring (bicyclic) bond motifs is 1. The number of piperidine rings is 1. The summed E-state index contributed by atoms with van der Waals surface area (Å²) in [6.45, 7) is 4.58. The largest absolute Gasteiger partial charge is 0.387 e. The number of nitrogens with two attached hydrogens (primary N) is 1. The number of ether oxygens (including phenoxy) is 1. The molecule has 0 amide bonds. The summed E-state index contributed by atoms with van der Waals surface area (Å²) in [7, 11) is 0. The molecule has 15 nitrogen and oxygen atoms in total. The lowest BCUT2D eigenvalue weighted by atomic mass is 10.1. The van der Waals surface area contributed by atoms with Crippen LogP contribution in [-0.2, 0) is 11.2 Å². The molecule has 37 heavy (non-hydrogen) atoms. The SMILES string of the molecule is CCc1cc([C@H]2O[C@@H](n3cnc4c(NC5CCNCC5)nc(NCCNC(=N)N)nc43)[C@H](O)[C@@H]2O)on1. The van der Waals surface area contributed by atoms with Crippen LogP contribution in [0.15, 0.2) is 16.9 Å². The summed E-state index contributed by atoms with van der Waals surface area (Å²) in [5, 5.41) is 45.6. The molecule has 200 valence electrons. The van der Waals surface area contributed by atoms with Gasteiger partial charge in [-0.2, -0.15) is 9.97 Å². The third kappa shape index (κ3) is 5.29. The minimum atomic E-state index is -1.26. The molecule has 2 fully saturated rings. The standard InChI is InChI=1S/C22H33N11O4/c1-2-11-9-13(37-32-11)17-15(34)16(35)20(36-17)33-10-28-14-18(29-12-3-5-25-6-4-12)30-22(31-19(14)33)27-8-7-26-21(23)24/h9-10,12,15-17,20,25,34-35H,2-8H2,1H3,(H4,23,24,26)(H2,27,29,30,31)/t15-,16+,17+,20+/m0/s1. The average molecular weight is 516 g/mol. The van der Waals surface area contributed by atoms with Gasteiger partial charge in [-0.15, -0.1) is 0 Å². The van der Waals surface area contributed by atoms with Crippen LogP contribution in [-0.4, -0.2) is 85.3 Å². The number of aliphatic hydroxyl groups is 2. The van der Waals surface area contributed by atoms with Crippen molar-refractivity contribution >= 4 is 28.9 Å². The zero-order valence-corrected chi connectivity index (χ0v) is 20.5. The second-order valence-corrected chi connectivity index (χ2v) is 9.16. The predicted molar refractivity (Wildman–Crippen MR) is 134 cm³/mol. The number of rotatable bonds is 9. The topological polar surface area (TPSA) is 217 Å². The maximum atomic E-state index is 10.9. The van der Waals surface area contributed by atoms with Gasteiger partial charge in [0.2, 0.25) is 5.95 Å². The average Bonchev–Trinajstić information content (AvgIpc) is 3.61. The summed E-state index contributed by atoms with van der Waals surface area (Å²) < 4.78 is 13.0. The summed E-state index contributed by atoms with van der Waals surface area (Å²) in [4.78, 5) is 13.8. The van der Waals surface area contributed by atoms with Crippen molar-refractivity contribution in [2.75, 3.05) is 36.8 Å². The molecule has 0 bridgehead atoms. The first kappa shape index (κ1) is 25.1. The lowest BCUT2D eigenvalue weighted by molar-refractivity contribution is -0.0434. The number of nitrogens with zero attached hydrogens (tertiary/aromatic N) is 5. The summed E-state index contributed by atoms with van der Waals surface area (Å²) >= 11 is 0. The Morgan fingerprint density at radius 2 is 2.05 bits per heavy atom. The molecule has 3 aromatic rings. The number of hydrogen-bond acceptors (Lipinski definition) is 12. The van der Waals surface area contributed by atoms with Gasteiger partial charge in [0.1, 0.15) is 18.3 Å². The van der Waals surface area contributed by atoms with E-state index in [1.807, 2.05) is 6.92 Å². The van der Waals surface area contributed by atoms with Gasteiger partial charge < -0.3 is 46.5 Å². The minimum Gasteiger partial charge on any atom is -0.387 e. The van der Waals surface area contributed by atoms with Gasteiger partial charge in [-0.25, -0.2) is 4.98 Å². The highest BCUT2D eigenvalue weighted by molar-refractivity contribution is 5.84. The fourth-order valence-electron chi connectivity index (χ4n) is 4.57. The number of aliphatic hydroxyl groups excluding tert-OH is 2. The fraction of sp³-hybridized carbons (Fsp3) is 0.591. The molecule has 0 unspecified atom stereocenters. The zero-order chi connectivity index (χ0) is 25.9. The molecule has 5 rings (SSSR count). The van der Waals surface area contributed by atoms with Crippen molar-refractivity contribution in [3.05, 3.63) is 23.8 Å². The van der Waals surface area contributed by atoms with E-state index in [0.717, 1.165) is 31.6 Å². The van der Waals surface area contributed by atoms with E-state index < -0.39 is 24.5 Å². The van der Waals surface area contributed by atoms with Crippen LogP contribution in [0.5, 0.6) is 0 Å². The third-order valence-corrected chi connectivity index (χ3v) is 6.56. The Bertz CT molecular complexity index is 1220. The zero-order valence-electron chi connectivity index (χ0n) is 20.5. The van der Waals surface area contributed by atoms with Crippen LogP contribution in [0.4, 0.5) is 11.8 Å². The van der Waals surface area contributed by atoms with Crippen molar-refractivity contribution in [3.8, 4) is 0 Å². The van der Waals surface area contributed by atoms with Crippen LogP contribution < -0.4 is 27.0 Å². The van der Waals surface area contributed by atoms with Gasteiger partial charge >= 0.3 is 0 Å². The minimum absolute atomic E-state index is 0.122. The van der Waals surface area contributed by atoms with Crippen molar-refractivity contribution in [2.24, 2.45) is 5.73 Å². The molecule has 15 heteroatoms. The number of guanidine groups is 1. The Labute approximate surface area is 212 Å². The second-order valence-electron chi connectivity index (χ2n) is 9.16. The molecule has 3 aromatic heterocycles. The molecule has 2 saturated heterocycles. The van der Waals surface area contributed by atoms with Crippen LogP contribution in [0.3, 0.4) is 0 Å². The lowest BCUT2D eigenvalue weighted by Gasteiger charge is -2.24. The van der Waals surface area contributed by atoms with E-state index in [9.17, 15) is 10.2 Å². The first-order chi connectivity index (χ1) is 17.9. The van der Waals surface area contributed by atoms with Crippen LogP contribution in [0.25, 0.3) is 11.2 Å². The van der Waals surface area contributed by atoms with E-state index in [2.05, 4.69) is 41.4 Å². The normalized spacial score (nSPS) is 24.4. The van der Waals surface area contributed by atoms with Crippen LogP contribution in [0, 0.1) is 5.41 Å². The number of imidazole rings is 1. The highest BCUT2D eigenvalue weighted by Gasteiger charge is 2.47. The summed E-state index contributed by atoms with van der Waals surface area (Å²) in [6, 6.07) is 1.94. The number of aryl methyl sites for hydroxylation is 1. The summed E-state index contributed by atoms with van der Waals surface area (Å²) in [6.07, 6.45) is -0.280. The van der Waals surface area contributed by atoms with E-state index in [4.69, 9.17) is 20.4 Å². The number of hydrogen-bond donors (Lipinski definition) is 8. The van der Waals surface area contributed by atoms with Gasteiger partial charge in [-0.05, 0) is 32.4 Å². The molecule has 2 aliphatic heterocycles.